The predicted molar refractivity (Wildman–Crippen MR) is 80.3 cm³/mol. The molecule has 0 bridgehead atoms. The minimum absolute atomic E-state index is 0.0252. The van der Waals surface area contributed by atoms with Crippen LogP contribution in [0.15, 0.2) is 0 Å². The van der Waals surface area contributed by atoms with Crippen molar-refractivity contribution < 1.29 is 4.79 Å². The number of thiazole rings is 1. The molecule has 1 saturated carbocycles. The van der Waals surface area contributed by atoms with Gasteiger partial charge in [0.1, 0.15) is 0 Å². The molecule has 0 radical (unpaired) electrons. The van der Waals surface area contributed by atoms with Gasteiger partial charge in [-0.1, -0.05) is 0 Å². The largest absolute Gasteiger partial charge is 0.303 e. The van der Waals surface area contributed by atoms with Crippen molar-refractivity contribution in [2.45, 2.75) is 63.5 Å². The van der Waals surface area contributed by atoms with Crippen LogP contribution in [0.1, 0.15) is 49.1 Å². The molecule has 0 spiro atoms. The van der Waals surface area contributed by atoms with Crippen LogP contribution in [0.4, 0.5) is 5.13 Å². The Kier molecular flexibility index (Phi) is 3.27. The second-order valence-electron chi connectivity index (χ2n) is 6.20. The molecular weight excluding hydrogens is 270 g/mol. The highest BCUT2D eigenvalue weighted by molar-refractivity contribution is 7.16. The highest BCUT2D eigenvalue weighted by atomic mass is 32.1. The summed E-state index contributed by atoms with van der Waals surface area (Å²) in [6.07, 6.45) is 9.29. The van der Waals surface area contributed by atoms with Gasteiger partial charge in [-0.05, 0) is 51.4 Å². The predicted octanol–water partition coefficient (Wildman–Crippen LogP) is 2.27. The molecule has 1 saturated heterocycles. The van der Waals surface area contributed by atoms with Crippen LogP contribution < -0.4 is 10.2 Å². The summed E-state index contributed by atoms with van der Waals surface area (Å²) in [7, 11) is 0. The van der Waals surface area contributed by atoms with Crippen molar-refractivity contribution in [3.63, 3.8) is 0 Å². The van der Waals surface area contributed by atoms with Crippen molar-refractivity contribution in [2.24, 2.45) is 0 Å². The molecule has 2 heterocycles. The van der Waals surface area contributed by atoms with E-state index in [1.165, 1.54) is 36.3 Å². The summed E-state index contributed by atoms with van der Waals surface area (Å²) in [5.74, 6) is 0.245. The van der Waals surface area contributed by atoms with Crippen molar-refractivity contribution in [3.8, 4) is 0 Å². The molecule has 4 nitrogen and oxygen atoms in total. The number of anilines is 1. The van der Waals surface area contributed by atoms with E-state index in [4.69, 9.17) is 4.98 Å². The van der Waals surface area contributed by atoms with Gasteiger partial charge in [0.25, 0.3) is 0 Å². The number of nitrogens with one attached hydrogen (secondary N) is 1. The summed E-state index contributed by atoms with van der Waals surface area (Å²) in [5.41, 5.74) is 1.25. The van der Waals surface area contributed by atoms with Crippen LogP contribution in [0.3, 0.4) is 0 Å². The third-order valence-electron chi connectivity index (χ3n) is 4.52. The van der Waals surface area contributed by atoms with E-state index < -0.39 is 0 Å². The number of hydrogen-bond donors (Lipinski definition) is 1. The van der Waals surface area contributed by atoms with E-state index in [1.807, 2.05) is 4.90 Å². The molecule has 1 aromatic rings. The standard InChI is InChI=1S/C15H21N3OS/c19-14-12(16-10-7-8-10)5-3-9-18(14)15-17-11-4-1-2-6-13(11)20-15/h10,12,16H,1-9H2. The smallest absolute Gasteiger partial charge is 0.245 e. The van der Waals surface area contributed by atoms with Crippen LogP contribution >= 0.6 is 11.3 Å². The third kappa shape index (κ3) is 2.37. The molecule has 1 unspecified atom stereocenters. The molecule has 4 rings (SSSR count). The number of hydrogen-bond acceptors (Lipinski definition) is 4. The van der Waals surface area contributed by atoms with E-state index in [0.29, 0.717) is 6.04 Å². The number of carbonyl (C=O) groups excluding carboxylic acids is 1. The Morgan fingerprint density at radius 2 is 2.00 bits per heavy atom. The lowest BCUT2D eigenvalue weighted by Gasteiger charge is -2.31. The first-order valence-electron chi connectivity index (χ1n) is 7.87. The van der Waals surface area contributed by atoms with Crippen LogP contribution in [-0.2, 0) is 17.6 Å². The molecule has 3 aliphatic rings. The van der Waals surface area contributed by atoms with Crippen molar-refractivity contribution in [1.29, 1.82) is 0 Å². The summed E-state index contributed by atoms with van der Waals surface area (Å²) in [4.78, 5) is 20.7. The molecule has 108 valence electrons. The number of piperidine rings is 1. The Morgan fingerprint density at radius 1 is 1.15 bits per heavy atom. The Balaban J connectivity index is 1.53. The molecule has 5 heteroatoms. The van der Waals surface area contributed by atoms with E-state index in [9.17, 15) is 4.79 Å². The highest BCUT2D eigenvalue weighted by Gasteiger charge is 2.35. The van der Waals surface area contributed by atoms with Crippen molar-refractivity contribution in [1.82, 2.24) is 10.3 Å². The number of aryl methyl sites for hydroxylation is 2. The van der Waals surface area contributed by atoms with Gasteiger partial charge < -0.3 is 5.32 Å². The van der Waals surface area contributed by atoms with Gasteiger partial charge in [-0.15, -0.1) is 11.3 Å². The first-order chi connectivity index (χ1) is 9.81. The summed E-state index contributed by atoms with van der Waals surface area (Å²) in [6, 6.07) is 0.616. The fraction of sp³-hybridized carbons (Fsp3) is 0.733. The quantitative estimate of drug-likeness (QED) is 0.929. The Bertz CT molecular complexity index is 500. The van der Waals surface area contributed by atoms with Crippen molar-refractivity contribution in [2.75, 3.05) is 11.4 Å². The number of nitrogens with zero attached hydrogens (tertiary/aromatic N) is 2. The second kappa shape index (κ2) is 5.11. The second-order valence-corrected chi connectivity index (χ2v) is 7.26. The van der Waals surface area contributed by atoms with Crippen molar-refractivity contribution in [3.05, 3.63) is 10.6 Å². The molecule has 1 N–H and O–H groups in total. The zero-order valence-corrected chi connectivity index (χ0v) is 12.5. The topological polar surface area (TPSA) is 45.2 Å². The monoisotopic (exact) mass is 291 g/mol. The zero-order valence-electron chi connectivity index (χ0n) is 11.7. The van der Waals surface area contributed by atoms with E-state index in [1.54, 1.807) is 11.3 Å². The van der Waals surface area contributed by atoms with Gasteiger partial charge in [0.2, 0.25) is 5.91 Å². The summed E-state index contributed by atoms with van der Waals surface area (Å²) >= 11 is 1.75. The summed E-state index contributed by atoms with van der Waals surface area (Å²) < 4.78 is 0. The van der Waals surface area contributed by atoms with Crippen LogP contribution in [0.25, 0.3) is 0 Å². The number of fused-ring (bicyclic) bond motifs is 1. The normalized spacial score (nSPS) is 26.7. The summed E-state index contributed by atoms with van der Waals surface area (Å²) in [5, 5.41) is 4.44. The van der Waals surface area contributed by atoms with Gasteiger partial charge in [0.15, 0.2) is 5.13 Å². The van der Waals surface area contributed by atoms with Gasteiger partial charge in [-0.25, -0.2) is 4.98 Å². The number of amides is 1. The Hall–Kier alpha value is -0.940. The Morgan fingerprint density at radius 3 is 2.80 bits per heavy atom. The number of carbonyl (C=O) groups is 1. The molecule has 0 aromatic carbocycles. The molecule has 1 aliphatic heterocycles. The lowest BCUT2D eigenvalue weighted by Crippen LogP contribution is -2.51. The summed E-state index contributed by atoms with van der Waals surface area (Å²) in [6.45, 7) is 0.841. The van der Waals surface area contributed by atoms with Gasteiger partial charge in [-0.2, -0.15) is 0 Å². The maximum Gasteiger partial charge on any atom is 0.245 e. The molecule has 2 fully saturated rings. The lowest BCUT2D eigenvalue weighted by molar-refractivity contribution is -0.121. The molecular formula is C15H21N3OS. The first-order valence-corrected chi connectivity index (χ1v) is 8.69. The van der Waals surface area contributed by atoms with E-state index >= 15 is 0 Å². The maximum absolute atomic E-state index is 12.6. The number of rotatable bonds is 3. The van der Waals surface area contributed by atoms with Crippen LogP contribution in [-0.4, -0.2) is 29.5 Å². The van der Waals surface area contributed by atoms with Crippen LogP contribution in [0.5, 0.6) is 0 Å². The SMILES string of the molecule is O=C1C(NC2CC2)CCCN1c1nc2c(s1)CCCC2. The molecule has 20 heavy (non-hydrogen) atoms. The van der Waals surface area contributed by atoms with Gasteiger partial charge >= 0.3 is 0 Å². The molecule has 1 aromatic heterocycles. The lowest BCUT2D eigenvalue weighted by atomic mass is 10.0. The van der Waals surface area contributed by atoms with Gasteiger partial charge in [0.05, 0.1) is 11.7 Å². The number of aromatic nitrogens is 1. The van der Waals surface area contributed by atoms with Crippen molar-refractivity contribution >= 4 is 22.4 Å². The van der Waals surface area contributed by atoms with E-state index in [2.05, 4.69) is 5.32 Å². The fourth-order valence-corrected chi connectivity index (χ4v) is 4.39. The van der Waals surface area contributed by atoms with Crippen LogP contribution in [0, 0.1) is 0 Å². The van der Waals surface area contributed by atoms with Gasteiger partial charge in [0, 0.05) is 17.5 Å². The average Bonchev–Trinajstić information content (AvgIpc) is 3.17. The molecule has 1 atom stereocenters. The molecule has 1 amide bonds. The molecule has 2 aliphatic carbocycles. The third-order valence-corrected chi connectivity index (χ3v) is 5.70. The first kappa shape index (κ1) is 12.8. The highest BCUT2D eigenvalue weighted by Crippen LogP contribution is 2.33. The van der Waals surface area contributed by atoms with Gasteiger partial charge in [-0.3, -0.25) is 9.69 Å². The fourth-order valence-electron chi connectivity index (χ4n) is 3.21. The average molecular weight is 291 g/mol. The Labute approximate surface area is 123 Å². The zero-order chi connectivity index (χ0) is 13.5. The van der Waals surface area contributed by atoms with E-state index in [0.717, 1.165) is 37.4 Å². The maximum atomic E-state index is 12.6. The minimum atomic E-state index is 0.0252. The minimum Gasteiger partial charge on any atom is -0.303 e. The van der Waals surface area contributed by atoms with Crippen LogP contribution in [0.2, 0.25) is 0 Å². The van der Waals surface area contributed by atoms with E-state index in [-0.39, 0.29) is 11.9 Å².